The van der Waals surface area contributed by atoms with Gasteiger partial charge in [0.2, 0.25) is 0 Å². The molecule has 3 rings (SSSR count). The van der Waals surface area contributed by atoms with E-state index >= 15 is 0 Å². The predicted octanol–water partition coefficient (Wildman–Crippen LogP) is 3.92. The lowest BCUT2D eigenvalue weighted by Crippen LogP contribution is -2.14. The van der Waals surface area contributed by atoms with E-state index in [2.05, 4.69) is 10.2 Å². The Morgan fingerprint density at radius 3 is 2.46 bits per heavy atom. The van der Waals surface area contributed by atoms with Crippen molar-refractivity contribution in [3.63, 3.8) is 0 Å². The van der Waals surface area contributed by atoms with Crippen LogP contribution >= 0.6 is 0 Å². The summed E-state index contributed by atoms with van der Waals surface area (Å²) in [4.78, 5) is 12.4. The molecule has 0 aliphatic heterocycles. The molecule has 120 valence electrons. The Hall–Kier alpha value is -3.14. The quantitative estimate of drug-likeness (QED) is 0.793. The Morgan fingerprint density at radius 2 is 1.71 bits per heavy atom. The Labute approximate surface area is 140 Å². The van der Waals surface area contributed by atoms with Gasteiger partial charge in [0.05, 0.1) is 18.4 Å². The van der Waals surface area contributed by atoms with Crippen LogP contribution in [0.25, 0.3) is 23.3 Å². The Kier molecular flexibility index (Phi) is 4.57. The molecule has 24 heavy (non-hydrogen) atoms. The molecule has 4 nitrogen and oxygen atoms in total. The Balaban J connectivity index is 2.18. The summed E-state index contributed by atoms with van der Waals surface area (Å²) in [7, 11) is 1.62. The number of aromatic amines is 1. The summed E-state index contributed by atoms with van der Waals surface area (Å²) in [5, 5.41) is 6.67. The highest BCUT2D eigenvalue weighted by atomic mass is 16.5. The number of H-pyrrole nitrogens is 1. The van der Waals surface area contributed by atoms with Gasteiger partial charge in [-0.15, -0.1) is 0 Å². The number of hydrogen-bond acceptors (Lipinski definition) is 3. The number of rotatable bonds is 4. The van der Waals surface area contributed by atoms with E-state index in [1.54, 1.807) is 7.11 Å². The molecular weight excluding hydrogens is 300 g/mol. The summed E-state index contributed by atoms with van der Waals surface area (Å²) < 4.78 is 5.45. The summed E-state index contributed by atoms with van der Waals surface area (Å²) >= 11 is 0. The number of hydrogen-bond donors (Lipinski definition) is 1. The van der Waals surface area contributed by atoms with E-state index < -0.39 is 0 Å². The maximum Gasteiger partial charge on any atom is 0.272 e. The van der Waals surface area contributed by atoms with E-state index in [1.165, 1.54) is 0 Å². The first kappa shape index (κ1) is 15.7. The molecule has 1 N–H and O–H groups in total. The second kappa shape index (κ2) is 6.96. The molecule has 0 unspecified atom stereocenters. The van der Waals surface area contributed by atoms with Crippen molar-refractivity contribution in [2.75, 3.05) is 7.11 Å². The molecule has 0 spiro atoms. The predicted molar refractivity (Wildman–Crippen MR) is 97.0 cm³/mol. The number of ether oxygens (including phenoxy) is 1. The molecular formula is C20H18N2O2. The lowest BCUT2D eigenvalue weighted by Gasteiger charge is -2.12. The Morgan fingerprint density at radius 1 is 1.00 bits per heavy atom. The maximum atomic E-state index is 12.4. The lowest BCUT2D eigenvalue weighted by atomic mass is 9.98. The van der Waals surface area contributed by atoms with E-state index in [1.807, 2.05) is 73.7 Å². The molecule has 0 aliphatic rings. The average molecular weight is 318 g/mol. The summed E-state index contributed by atoms with van der Waals surface area (Å²) in [5.41, 5.74) is 3.74. The van der Waals surface area contributed by atoms with Gasteiger partial charge in [0.1, 0.15) is 5.75 Å². The van der Waals surface area contributed by atoms with Crippen LogP contribution in [0.2, 0.25) is 0 Å². The van der Waals surface area contributed by atoms with Crippen LogP contribution in [0.15, 0.2) is 59.4 Å². The number of aromatic nitrogens is 2. The van der Waals surface area contributed by atoms with E-state index in [4.69, 9.17) is 4.74 Å². The number of nitrogens with one attached hydrogen (secondary N) is 1. The first-order chi connectivity index (χ1) is 11.7. The molecule has 0 atom stereocenters. The molecule has 0 saturated carbocycles. The van der Waals surface area contributed by atoms with Crippen LogP contribution in [0.3, 0.4) is 0 Å². The molecule has 0 fully saturated rings. The average Bonchev–Trinajstić information content (AvgIpc) is 2.63. The minimum Gasteiger partial charge on any atom is -0.496 e. The monoisotopic (exact) mass is 318 g/mol. The lowest BCUT2D eigenvalue weighted by molar-refractivity contribution is 0.416. The standard InChI is InChI=1S/C20H18N2O2/c1-14-19(16-10-6-7-11-18(16)24-2)17(20(23)22-21-14)13-12-15-8-4-3-5-9-15/h3-13H,1-2H3,(H,22,23)/b13-12+. The van der Waals surface area contributed by atoms with Gasteiger partial charge in [-0.05, 0) is 24.6 Å². The second-order valence-electron chi connectivity index (χ2n) is 5.37. The maximum absolute atomic E-state index is 12.4. The van der Waals surface area contributed by atoms with E-state index in [9.17, 15) is 4.79 Å². The van der Waals surface area contributed by atoms with Crippen molar-refractivity contribution in [1.82, 2.24) is 10.2 Å². The SMILES string of the molecule is COc1ccccc1-c1c(C)n[nH]c(=O)c1/C=C/c1ccccc1. The first-order valence-corrected chi connectivity index (χ1v) is 7.66. The van der Waals surface area contributed by atoms with Crippen molar-refractivity contribution in [1.29, 1.82) is 0 Å². The van der Waals surface area contributed by atoms with Crippen molar-refractivity contribution in [2.45, 2.75) is 6.92 Å². The van der Waals surface area contributed by atoms with Crippen LogP contribution in [-0.2, 0) is 0 Å². The molecule has 3 aromatic rings. The minimum absolute atomic E-state index is 0.228. The second-order valence-corrected chi connectivity index (χ2v) is 5.37. The Bertz CT molecular complexity index is 928. The minimum atomic E-state index is -0.228. The third-order valence-electron chi connectivity index (χ3n) is 3.82. The topological polar surface area (TPSA) is 55.0 Å². The van der Waals surface area contributed by atoms with Gasteiger partial charge in [-0.3, -0.25) is 4.79 Å². The van der Waals surface area contributed by atoms with Crippen LogP contribution in [-0.4, -0.2) is 17.3 Å². The molecule has 0 bridgehead atoms. The van der Waals surface area contributed by atoms with Crippen LogP contribution in [0.4, 0.5) is 0 Å². The highest BCUT2D eigenvalue weighted by Crippen LogP contribution is 2.33. The van der Waals surface area contributed by atoms with E-state index in [-0.39, 0.29) is 5.56 Å². The van der Waals surface area contributed by atoms with Gasteiger partial charge < -0.3 is 4.74 Å². The molecule has 2 aromatic carbocycles. The number of para-hydroxylation sites is 1. The molecule has 0 radical (unpaired) electrons. The van der Waals surface area contributed by atoms with E-state index in [0.29, 0.717) is 11.3 Å². The van der Waals surface area contributed by atoms with Gasteiger partial charge in [-0.1, -0.05) is 54.6 Å². The molecule has 0 aliphatic carbocycles. The highest BCUT2D eigenvalue weighted by Gasteiger charge is 2.15. The zero-order valence-corrected chi connectivity index (χ0v) is 13.6. The number of aryl methyl sites for hydroxylation is 1. The smallest absolute Gasteiger partial charge is 0.272 e. The van der Waals surface area contributed by atoms with Crippen molar-refractivity contribution >= 4 is 12.2 Å². The number of nitrogens with zero attached hydrogens (tertiary/aromatic N) is 1. The number of methoxy groups -OCH3 is 1. The summed E-state index contributed by atoms with van der Waals surface area (Å²) in [6.45, 7) is 1.87. The van der Waals surface area contributed by atoms with Gasteiger partial charge >= 0.3 is 0 Å². The van der Waals surface area contributed by atoms with Crippen LogP contribution in [0, 0.1) is 6.92 Å². The van der Waals surface area contributed by atoms with Gasteiger partial charge in [-0.2, -0.15) is 5.10 Å². The first-order valence-electron chi connectivity index (χ1n) is 7.66. The summed E-state index contributed by atoms with van der Waals surface area (Å²) in [6.07, 6.45) is 3.74. The fourth-order valence-electron chi connectivity index (χ4n) is 2.65. The number of benzene rings is 2. The third kappa shape index (κ3) is 3.13. The summed E-state index contributed by atoms with van der Waals surface area (Å²) in [5.74, 6) is 0.711. The van der Waals surface area contributed by atoms with Gasteiger partial charge in [0.25, 0.3) is 5.56 Å². The summed E-state index contributed by atoms with van der Waals surface area (Å²) in [6, 6.07) is 17.5. The third-order valence-corrected chi connectivity index (χ3v) is 3.82. The van der Waals surface area contributed by atoms with Gasteiger partial charge in [0, 0.05) is 11.1 Å². The largest absolute Gasteiger partial charge is 0.496 e. The van der Waals surface area contributed by atoms with Crippen LogP contribution in [0.1, 0.15) is 16.8 Å². The normalized spacial score (nSPS) is 10.9. The van der Waals surface area contributed by atoms with Crippen LogP contribution in [0.5, 0.6) is 5.75 Å². The van der Waals surface area contributed by atoms with Crippen molar-refractivity contribution in [3.05, 3.63) is 81.8 Å². The highest BCUT2D eigenvalue weighted by molar-refractivity contribution is 5.83. The van der Waals surface area contributed by atoms with Gasteiger partial charge in [-0.25, -0.2) is 5.10 Å². The fourth-order valence-corrected chi connectivity index (χ4v) is 2.65. The van der Waals surface area contributed by atoms with Gasteiger partial charge in [0.15, 0.2) is 0 Å². The molecule has 1 heterocycles. The van der Waals surface area contributed by atoms with Crippen molar-refractivity contribution in [3.8, 4) is 16.9 Å². The van der Waals surface area contributed by atoms with Crippen LogP contribution < -0.4 is 10.3 Å². The molecule has 1 aromatic heterocycles. The van der Waals surface area contributed by atoms with E-state index in [0.717, 1.165) is 22.4 Å². The molecule has 0 amide bonds. The van der Waals surface area contributed by atoms with Crippen molar-refractivity contribution in [2.24, 2.45) is 0 Å². The zero-order chi connectivity index (χ0) is 16.9. The zero-order valence-electron chi connectivity index (χ0n) is 13.6. The molecule has 4 heteroatoms. The van der Waals surface area contributed by atoms with Crippen molar-refractivity contribution < 1.29 is 4.74 Å². The molecule has 0 saturated heterocycles. The fraction of sp³-hybridized carbons (Fsp3) is 0.100.